The van der Waals surface area contributed by atoms with E-state index in [-0.39, 0.29) is 0 Å². The van der Waals surface area contributed by atoms with E-state index in [0.717, 1.165) is 7.11 Å². The van der Waals surface area contributed by atoms with Crippen LogP contribution in [0.3, 0.4) is 0 Å². The van der Waals surface area contributed by atoms with Crippen LogP contribution >= 0.6 is 0 Å². The SMILES string of the molecule is CO[C@@H]1[C@@H](O)[C@H](O[C@@H]2[C@@H](O)[C@H](O[C@H]3[C@H](O)[C@@H](O[C@@H]4OC[C@@H](O)[C@H](O)[C@H]4O)[C@H](O[C@H]4C(O)OC[C@@H](OS(=O)(=O)O)[C@@H]4O)O[C@@H]3C)O[C@H](COS(=O)(=O)O)[C@H]2O)O[C@H](CO)[C@H]1O. The molecule has 352 valence electrons. The smallest absolute Gasteiger partial charge is 0.394 e. The van der Waals surface area contributed by atoms with Gasteiger partial charge in [-0.05, 0) is 6.92 Å². The van der Waals surface area contributed by atoms with Crippen LogP contribution in [-0.2, 0) is 76.5 Å². The number of aliphatic hydroxyl groups is 11. The summed E-state index contributed by atoms with van der Waals surface area (Å²) >= 11 is 0. The van der Waals surface area contributed by atoms with E-state index in [0.29, 0.717) is 0 Å². The van der Waals surface area contributed by atoms with Crippen LogP contribution in [0.2, 0.25) is 0 Å². The van der Waals surface area contributed by atoms with E-state index >= 15 is 0 Å². The van der Waals surface area contributed by atoms with E-state index in [1.54, 1.807) is 0 Å². The molecule has 5 saturated heterocycles. The van der Waals surface area contributed by atoms with Gasteiger partial charge in [0.05, 0.1) is 32.5 Å². The molecule has 0 amide bonds. The molecule has 5 rings (SSSR count). The summed E-state index contributed by atoms with van der Waals surface area (Å²) in [5, 5.41) is 118. The van der Waals surface area contributed by atoms with Crippen molar-refractivity contribution in [3.8, 4) is 0 Å². The molecule has 1 unspecified atom stereocenters. The standard InChI is InChI=1S/C29H50O29S2/c1-7-20(54-28-19(39)22(14(34)10(53-28)6-50-59(41,42)43)55-27-18(38)21(47-2)13(33)9(3-30)52-27)17(37)24(57-26-16(36)12(32)8(31)4-49-26)29(51-7)56-23-15(35)11(5-48-25(23)40)58-60(44,45)46/h7-40H,3-6H2,1-2H3,(H,41,42,43)(H,44,45,46)/t7-,8-,9-,10-,11-,12+,13-,14-,15+,16-,17+,18-,19-,20-,21+,22+,23-,24-,25?,26+,27+,28+,29+/m1/s1. The van der Waals surface area contributed by atoms with Gasteiger partial charge in [0.2, 0.25) is 0 Å². The van der Waals surface area contributed by atoms with Gasteiger partial charge in [-0.2, -0.15) is 16.8 Å². The number of aliphatic hydroxyl groups excluding tert-OH is 11. The summed E-state index contributed by atoms with van der Waals surface area (Å²) in [6.45, 7) is -2.20. The van der Waals surface area contributed by atoms with E-state index in [1.165, 1.54) is 6.92 Å². The zero-order valence-electron chi connectivity index (χ0n) is 31.3. The Morgan fingerprint density at radius 2 is 1.12 bits per heavy atom. The third kappa shape index (κ3) is 11.6. The second-order valence-corrected chi connectivity index (χ2v) is 16.4. The molecular weight excluding hydrogens is 876 g/mol. The number of rotatable bonds is 15. The van der Waals surface area contributed by atoms with Crippen LogP contribution in [0.25, 0.3) is 0 Å². The lowest BCUT2D eigenvalue weighted by molar-refractivity contribution is -0.399. The van der Waals surface area contributed by atoms with Crippen molar-refractivity contribution >= 4 is 20.8 Å². The van der Waals surface area contributed by atoms with E-state index in [1.807, 2.05) is 0 Å². The van der Waals surface area contributed by atoms with Crippen LogP contribution in [0.15, 0.2) is 0 Å². The first-order valence-corrected chi connectivity index (χ1v) is 20.7. The Hall–Kier alpha value is -1.10. The number of methoxy groups -OCH3 is 1. The fraction of sp³-hybridized carbons (Fsp3) is 1.00. The molecular formula is C29H50O29S2. The van der Waals surface area contributed by atoms with Gasteiger partial charge in [-0.15, -0.1) is 0 Å². The van der Waals surface area contributed by atoms with Gasteiger partial charge in [-0.3, -0.25) is 9.11 Å². The Morgan fingerprint density at radius 1 is 0.550 bits per heavy atom. The van der Waals surface area contributed by atoms with Crippen LogP contribution in [0.1, 0.15) is 6.92 Å². The van der Waals surface area contributed by atoms with Crippen molar-refractivity contribution in [2.75, 3.05) is 33.5 Å². The maximum atomic E-state index is 11.8. The minimum absolute atomic E-state index is 0.627. The molecule has 5 aliphatic rings. The lowest BCUT2D eigenvalue weighted by atomic mass is 9.96. The molecule has 5 fully saturated rings. The lowest BCUT2D eigenvalue weighted by Crippen LogP contribution is -2.67. The van der Waals surface area contributed by atoms with Gasteiger partial charge in [0.15, 0.2) is 31.5 Å². The highest BCUT2D eigenvalue weighted by atomic mass is 32.3. The Labute approximate surface area is 340 Å². The Bertz CT molecular complexity index is 1590. The maximum absolute atomic E-state index is 11.8. The average molecular weight is 927 g/mol. The van der Waals surface area contributed by atoms with Crippen molar-refractivity contribution in [3.63, 3.8) is 0 Å². The summed E-state index contributed by atoms with van der Waals surface area (Å²) in [6, 6.07) is 0. The molecule has 13 N–H and O–H groups in total. The number of hydrogen-bond acceptors (Lipinski definition) is 27. The zero-order valence-corrected chi connectivity index (χ0v) is 32.9. The molecule has 0 aromatic carbocycles. The number of hydrogen-bond donors (Lipinski definition) is 13. The third-order valence-electron chi connectivity index (χ3n) is 10.2. The first-order chi connectivity index (χ1) is 28.0. The Balaban J connectivity index is 1.43. The molecule has 60 heavy (non-hydrogen) atoms. The summed E-state index contributed by atoms with van der Waals surface area (Å²) in [5.41, 5.74) is 0. The fourth-order valence-electron chi connectivity index (χ4n) is 7.02. The van der Waals surface area contributed by atoms with E-state index in [9.17, 15) is 77.6 Å². The van der Waals surface area contributed by atoms with Crippen LogP contribution in [-0.4, -0.2) is 257 Å². The van der Waals surface area contributed by atoms with E-state index in [2.05, 4.69) is 8.37 Å². The second kappa shape index (κ2) is 20.4. The van der Waals surface area contributed by atoms with Crippen LogP contribution < -0.4 is 0 Å². The third-order valence-corrected chi connectivity index (χ3v) is 11.1. The van der Waals surface area contributed by atoms with Crippen molar-refractivity contribution in [3.05, 3.63) is 0 Å². The fourth-order valence-corrected chi connectivity index (χ4v) is 7.81. The molecule has 0 spiro atoms. The molecule has 5 aliphatic heterocycles. The van der Waals surface area contributed by atoms with Crippen LogP contribution in [0.5, 0.6) is 0 Å². The molecule has 23 atom stereocenters. The highest BCUT2D eigenvalue weighted by Gasteiger charge is 2.56. The second-order valence-electron chi connectivity index (χ2n) is 14.3. The van der Waals surface area contributed by atoms with Crippen molar-refractivity contribution < 1.29 is 138 Å². The lowest BCUT2D eigenvalue weighted by Gasteiger charge is -2.50. The first kappa shape index (κ1) is 49.9. The maximum Gasteiger partial charge on any atom is 0.397 e. The Morgan fingerprint density at radius 3 is 1.72 bits per heavy atom. The normalized spacial score (nSPS) is 48.5. The van der Waals surface area contributed by atoms with Gasteiger partial charge in [0.1, 0.15) is 104 Å². The molecule has 0 aromatic heterocycles. The molecule has 0 aliphatic carbocycles. The number of ether oxygens (including phenoxy) is 10. The van der Waals surface area contributed by atoms with Crippen LogP contribution in [0, 0.1) is 0 Å². The summed E-state index contributed by atoms with van der Waals surface area (Å²) in [5.74, 6) is 0. The molecule has 0 saturated carbocycles. The summed E-state index contributed by atoms with van der Waals surface area (Å²) in [4.78, 5) is 0. The highest BCUT2D eigenvalue weighted by Crippen LogP contribution is 2.36. The van der Waals surface area contributed by atoms with Gasteiger partial charge in [-0.25, -0.2) is 8.37 Å². The topological polar surface area (TPSA) is 442 Å². The molecule has 29 nitrogen and oxygen atoms in total. The predicted molar refractivity (Wildman–Crippen MR) is 179 cm³/mol. The van der Waals surface area contributed by atoms with Gasteiger partial charge >= 0.3 is 20.8 Å². The van der Waals surface area contributed by atoms with Gasteiger partial charge in [-0.1, -0.05) is 0 Å². The van der Waals surface area contributed by atoms with E-state index < -0.39 is 189 Å². The van der Waals surface area contributed by atoms with E-state index in [4.69, 9.17) is 51.9 Å². The molecule has 5 heterocycles. The summed E-state index contributed by atoms with van der Waals surface area (Å²) < 4.78 is 128. The highest BCUT2D eigenvalue weighted by molar-refractivity contribution is 7.81. The minimum atomic E-state index is -5.20. The summed E-state index contributed by atoms with van der Waals surface area (Å²) in [6.07, 6.45) is -43.4. The first-order valence-electron chi connectivity index (χ1n) is 18.0. The largest absolute Gasteiger partial charge is 0.397 e. The average Bonchev–Trinajstić information content (AvgIpc) is 3.16. The van der Waals surface area contributed by atoms with Gasteiger partial charge < -0.3 is 104 Å². The summed E-state index contributed by atoms with van der Waals surface area (Å²) in [7, 11) is -9.30. The zero-order chi connectivity index (χ0) is 44.6. The van der Waals surface area contributed by atoms with Crippen molar-refractivity contribution in [2.24, 2.45) is 0 Å². The van der Waals surface area contributed by atoms with Crippen LogP contribution in [0.4, 0.5) is 0 Å². The minimum Gasteiger partial charge on any atom is -0.394 e. The molecule has 0 radical (unpaired) electrons. The predicted octanol–water partition coefficient (Wildman–Crippen LogP) is -9.31. The quantitative estimate of drug-likeness (QED) is 0.0678. The van der Waals surface area contributed by atoms with Gasteiger partial charge in [0, 0.05) is 7.11 Å². The van der Waals surface area contributed by atoms with Crippen molar-refractivity contribution in [1.29, 1.82) is 0 Å². The van der Waals surface area contributed by atoms with Crippen molar-refractivity contribution in [1.82, 2.24) is 0 Å². The molecule has 0 aromatic rings. The molecule has 0 bridgehead atoms. The van der Waals surface area contributed by atoms with Gasteiger partial charge in [0.25, 0.3) is 0 Å². The Kier molecular flexibility index (Phi) is 17.0. The molecule has 31 heteroatoms. The van der Waals surface area contributed by atoms with Crippen molar-refractivity contribution in [2.45, 2.75) is 148 Å². The monoisotopic (exact) mass is 926 g/mol.